The van der Waals surface area contributed by atoms with E-state index in [4.69, 9.17) is 4.74 Å². The van der Waals surface area contributed by atoms with E-state index < -0.39 is 5.60 Å². The fourth-order valence-electron chi connectivity index (χ4n) is 7.86. The molecule has 2 fully saturated rings. The lowest BCUT2D eigenvalue weighted by atomic mass is 9.53. The van der Waals surface area contributed by atoms with Gasteiger partial charge in [-0.05, 0) is 123 Å². The van der Waals surface area contributed by atoms with E-state index in [0.717, 1.165) is 37.7 Å². The number of hydrogen-bond acceptors (Lipinski definition) is 4. The Labute approximate surface area is 226 Å². The summed E-state index contributed by atoms with van der Waals surface area (Å²) in [5.74, 6) is 1.56. The van der Waals surface area contributed by atoms with E-state index in [-0.39, 0.29) is 29.5 Å². The molecule has 0 spiro atoms. The van der Waals surface area contributed by atoms with E-state index in [2.05, 4.69) is 24.0 Å². The maximum absolute atomic E-state index is 14.0. The van der Waals surface area contributed by atoms with Crippen LogP contribution in [0.3, 0.4) is 0 Å². The Morgan fingerprint density at radius 2 is 1.92 bits per heavy atom. The van der Waals surface area contributed by atoms with Crippen molar-refractivity contribution in [3.63, 3.8) is 0 Å². The molecule has 1 aromatic heterocycles. The second kappa shape index (κ2) is 10.1. The van der Waals surface area contributed by atoms with Crippen LogP contribution in [0.2, 0.25) is 0 Å². The molecule has 2 aromatic rings. The molecule has 2 saturated carbocycles. The van der Waals surface area contributed by atoms with Crippen molar-refractivity contribution >= 4 is 11.9 Å². The number of benzene rings is 1. The highest BCUT2D eigenvalue weighted by atomic mass is 19.1. The topological polar surface area (TPSA) is 59.5 Å². The molecule has 3 aliphatic carbocycles. The SMILES string of the molecule is CN(CCC(=O)OC(C)(C)C)C(=O)c1ccc2c(c1)CC[C@@H]1[C@@H]2CC[C@]2(C)[C@@H](c3cncc(F)c3)CC[C@@H]12. The lowest BCUT2D eigenvalue weighted by Crippen LogP contribution is -2.41. The number of carbonyl (C=O) groups excluding carboxylic acids is 2. The molecule has 1 amide bonds. The van der Waals surface area contributed by atoms with E-state index in [9.17, 15) is 14.0 Å². The Balaban J connectivity index is 1.27. The van der Waals surface area contributed by atoms with Crippen LogP contribution in [0.4, 0.5) is 4.39 Å². The maximum atomic E-state index is 14.0. The van der Waals surface area contributed by atoms with Crippen LogP contribution < -0.4 is 0 Å². The number of hydrogen-bond donors (Lipinski definition) is 0. The van der Waals surface area contributed by atoms with Gasteiger partial charge >= 0.3 is 5.97 Å². The van der Waals surface area contributed by atoms with Gasteiger partial charge in [0.2, 0.25) is 0 Å². The van der Waals surface area contributed by atoms with E-state index in [1.807, 2.05) is 33.0 Å². The van der Waals surface area contributed by atoms with Crippen LogP contribution in [0.15, 0.2) is 36.7 Å². The minimum atomic E-state index is -0.525. The quantitative estimate of drug-likeness (QED) is 0.414. The maximum Gasteiger partial charge on any atom is 0.308 e. The van der Waals surface area contributed by atoms with Crippen molar-refractivity contribution in [3.05, 3.63) is 64.7 Å². The smallest absolute Gasteiger partial charge is 0.308 e. The van der Waals surface area contributed by atoms with Crippen molar-refractivity contribution in [3.8, 4) is 0 Å². The highest BCUT2D eigenvalue weighted by Crippen LogP contribution is 2.65. The van der Waals surface area contributed by atoms with Crippen molar-refractivity contribution in [2.45, 2.75) is 90.1 Å². The van der Waals surface area contributed by atoms with Gasteiger partial charge in [-0.25, -0.2) is 4.39 Å². The van der Waals surface area contributed by atoms with Gasteiger partial charge in [0.15, 0.2) is 0 Å². The van der Waals surface area contributed by atoms with Gasteiger partial charge in [-0.15, -0.1) is 0 Å². The molecule has 0 N–H and O–H groups in total. The van der Waals surface area contributed by atoms with Crippen LogP contribution in [0.25, 0.3) is 0 Å². The first-order chi connectivity index (χ1) is 18.0. The van der Waals surface area contributed by atoms with Crippen LogP contribution >= 0.6 is 0 Å². The summed E-state index contributed by atoms with van der Waals surface area (Å²) in [5, 5.41) is 0. The lowest BCUT2D eigenvalue weighted by Gasteiger charge is -2.51. The molecule has 0 bridgehead atoms. The Hall–Kier alpha value is -2.76. The Bertz CT molecular complexity index is 1220. The van der Waals surface area contributed by atoms with Gasteiger partial charge in [0.05, 0.1) is 12.6 Å². The van der Waals surface area contributed by atoms with Crippen LogP contribution in [0, 0.1) is 23.1 Å². The average molecular weight is 521 g/mol. The van der Waals surface area contributed by atoms with Crippen molar-refractivity contribution in [1.29, 1.82) is 0 Å². The largest absolute Gasteiger partial charge is 0.460 e. The highest BCUT2D eigenvalue weighted by molar-refractivity contribution is 5.94. The minimum Gasteiger partial charge on any atom is -0.460 e. The zero-order chi connectivity index (χ0) is 27.2. The van der Waals surface area contributed by atoms with Gasteiger partial charge < -0.3 is 9.64 Å². The van der Waals surface area contributed by atoms with Gasteiger partial charge in [0.1, 0.15) is 11.4 Å². The Kier molecular flexibility index (Phi) is 7.12. The second-order valence-electron chi connectivity index (χ2n) is 13.0. The molecule has 1 heterocycles. The molecule has 0 radical (unpaired) electrons. The number of fused-ring (bicyclic) bond motifs is 5. The normalized spacial score (nSPS) is 28.2. The summed E-state index contributed by atoms with van der Waals surface area (Å²) in [4.78, 5) is 31.0. The molecule has 0 aliphatic heterocycles. The molecule has 1 aromatic carbocycles. The Morgan fingerprint density at radius 1 is 1.13 bits per heavy atom. The van der Waals surface area contributed by atoms with Crippen molar-refractivity contribution in [1.82, 2.24) is 9.88 Å². The first-order valence-corrected chi connectivity index (χ1v) is 14.2. The first-order valence-electron chi connectivity index (χ1n) is 14.2. The van der Waals surface area contributed by atoms with Gasteiger partial charge in [-0.3, -0.25) is 14.6 Å². The van der Waals surface area contributed by atoms with Gasteiger partial charge in [-0.2, -0.15) is 0 Å². The number of aryl methyl sites for hydroxylation is 1. The number of halogens is 1. The predicted octanol–water partition coefficient (Wildman–Crippen LogP) is 6.66. The molecule has 5 nitrogen and oxygen atoms in total. The molecule has 5 rings (SSSR count). The first kappa shape index (κ1) is 26.8. The number of pyridine rings is 1. The summed E-state index contributed by atoms with van der Waals surface area (Å²) < 4.78 is 19.3. The number of ether oxygens (including phenoxy) is 1. The molecule has 6 heteroatoms. The summed E-state index contributed by atoms with van der Waals surface area (Å²) in [6.45, 7) is 8.30. The van der Waals surface area contributed by atoms with Gasteiger partial charge in [0.25, 0.3) is 5.91 Å². The van der Waals surface area contributed by atoms with Crippen LogP contribution in [-0.2, 0) is 16.0 Å². The molecule has 204 valence electrons. The van der Waals surface area contributed by atoms with E-state index in [0.29, 0.717) is 35.8 Å². The van der Waals surface area contributed by atoms with Crippen molar-refractivity contribution in [2.75, 3.05) is 13.6 Å². The van der Waals surface area contributed by atoms with E-state index in [1.165, 1.54) is 23.7 Å². The zero-order valence-electron chi connectivity index (χ0n) is 23.4. The number of carbonyl (C=O) groups is 2. The molecule has 0 unspecified atom stereocenters. The van der Waals surface area contributed by atoms with Crippen molar-refractivity contribution < 1.29 is 18.7 Å². The summed E-state index contributed by atoms with van der Waals surface area (Å²) in [6, 6.07) is 7.93. The van der Waals surface area contributed by atoms with Crippen LogP contribution in [0.1, 0.15) is 105 Å². The number of esters is 1. The molecule has 3 aliphatic rings. The lowest BCUT2D eigenvalue weighted by molar-refractivity contribution is -0.154. The Morgan fingerprint density at radius 3 is 2.66 bits per heavy atom. The van der Waals surface area contributed by atoms with Gasteiger partial charge in [0, 0.05) is 25.4 Å². The molecular formula is C32H41FN2O3. The van der Waals surface area contributed by atoms with Gasteiger partial charge in [-0.1, -0.05) is 13.0 Å². The van der Waals surface area contributed by atoms with Crippen LogP contribution in [-0.4, -0.2) is 41.0 Å². The number of aromatic nitrogens is 1. The molecule has 5 atom stereocenters. The third-order valence-electron chi connectivity index (χ3n) is 9.52. The fraction of sp³-hybridized carbons (Fsp3) is 0.594. The second-order valence-corrected chi connectivity index (χ2v) is 13.0. The summed E-state index contributed by atoms with van der Waals surface area (Å²) in [7, 11) is 1.74. The molecule has 38 heavy (non-hydrogen) atoms. The van der Waals surface area contributed by atoms with Crippen LogP contribution in [0.5, 0.6) is 0 Å². The van der Waals surface area contributed by atoms with E-state index in [1.54, 1.807) is 18.0 Å². The van der Waals surface area contributed by atoms with Crippen molar-refractivity contribution in [2.24, 2.45) is 17.3 Å². The zero-order valence-corrected chi connectivity index (χ0v) is 23.4. The monoisotopic (exact) mass is 520 g/mol. The summed E-state index contributed by atoms with van der Waals surface area (Å²) in [6.07, 6.45) is 10.0. The summed E-state index contributed by atoms with van der Waals surface area (Å²) in [5.41, 5.74) is 4.11. The number of amides is 1. The highest BCUT2D eigenvalue weighted by Gasteiger charge is 2.55. The third-order valence-corrected chi connectivity index (χ3v) is 9.52. The molecule has 0 saturated heterocycles. The molecular weight excluding hydrogens is 479 g/mol. The third kappa shape index (κ3) is 5.11. The minimum absolute atomic E-state index is 0.0583. The fourth-order valence-corrected chi connectivity index (χ4v) is 7.86. The number of nitrogens with zero attached hydrogens (tertiary/aromatic N) is 2. The summed E-state index contributed by atoms with van der Waals surface area (Å²) >= 11 is 0. The number of rotatable bonds is 5. The standard InChI is InChI=1S/C32H41FN2O3/c1-31(2,3)38-29(36)13-15-35(5)30(37)21-7-8-24-20(16-21)6-9-26-25(24)12-14-32(4)27(10-11-28(26)32)22-17-23(33)19-34-18-22/h7-8,16-19,25-28H,6,9-15H2,1-5H3/t25-,26-,27-,28+,32-/m1/s1. The van der Waals surface area contributed by atoms with E-state index >= 15 is 0 Å². The average Bonchev–Trinajstić information content (AvgIpc) is 3.22. The predicted molar refractivity (Wildman–Crippen MR) is 145 cm³/mol.